The maximum Gasteiger partial charge on any atom is 0.257 e. The number of hydrogen-bond acceptors (Lipinski definition) is 2. The lowest BCUT2D eigenvalue weighted by Crippen LogP contribution is -2.35. The summed E-state index contributed by atoms with van der Waals surface area (Å²) in [5, 5.41) is 2.04. The molecule has 1 amide bonds. The van der Waals surface area contributed by atoms with E-state index in [0.29, 0.717) is 17.6 Å². The molecule has 5 heteroatoms. The molecule has 0 saturated carbocycles. The van der Waals surface area contributed by atoms with E-state index >= 15 is 0 Å². The van der Waals surface area contributed by atoms with Gasteiger partial charge in [0.15, 0.2) is 0 Å². The molecule has 0 atom stereocenters. The van der Waals surface area contributed by atoms with Crippen LogP contribution >= 0.6 is 27.3 Å². The van der Waals surface area contributed by atoms with Crippen molar-refractivity contribution in [1.82, 2.24) is 4.90 Å². The highest BCUT2D eigenvalue weighted by Gasteiger charge is 2.24. The number of nitrogens with zero attached hydrogens (tertiary/aromatic N) is 1. The SMILES string of the molecule is O=C(c1ccc(Br)cc1F)N1CCc2sccc2C1. The average Bonchev–Trinajstić information content (AvgIpc) is 2.85. The van der Waals surface area contributed by atoms with Crippen molar-refractivity contribution in [3.8, 4) is 0 Å². The second-order valence-corrected chi connectivity index (χ2v) is 6.39. The minimum atomic E-state index is -0.476. The van der Waals surface area contributed by atoms with Crippen LogP contribution in [0.25, 0.3) is 0 Å². The van der Waals surface area contributed by atoms with E-state index in [-0.39, 0.29) is 11.5 Å². The molecule has 0 unspecified atom stereocenters. The van der Waals surface area contributed by atoms with Gasteiger partial charge in [0.25, 0.3) is 5.91 Å². The molecule has 2 nitrogen and oxygen atoms in total. The highest BCUT2D eigenvalue weighted by atomic mass is 79.9. The molecule has 98 valence electrons. The number of thiophene rings is 1. The van der Waals surface area contributed by atoms with Gasteiger partial charge in [0, 0.05) is 22.4 Å². The molecule has 0 saturated heterocycles. The molecule has 1 aliphatic rings. The Labute approximate surface area is 123 Å². The maximum absolute atomic E-state index is 13.8. The Morgan fingerprint density at radius 2 is 2.21 bits per heavy atom. The third kappa shape index (κ3) is 2.44. The van der Waals surface area contributed by atoms with Gasteiger partial charge >= 0.3 is 0 Å². The number of amides is 1. The fourth-order valence-electron chi connectivity index (χ4n) is 2.26. The van der Waals surface area contributed by atoms with E-state index in [1.807, 2.05) is 11.4 Å². The monoisotopic (exact) mass is 339 g/mol. The minimum absolute atomic E-state index is 0.141. The van der Waals surface area contributed by atoms with E-state index in [1.54, 1.807) is 22.3 Å². The molecule has 1 aliphatic heterocycles. The average molecular weight is 340 g/mol. The molecule has 0 aliphatic carbocycles. The van der Waals surface area contributed by atoms with Gasteiger partial charge < -0.3 is 4.90 Å². The predicted octanol–water partition coefficient (Wildman–Crippen LogP) is 3.85. The molecule has 19 heavy (non-hydrogen) atoms. The lowest BCUT2D eigenvalue weighted by Gasteiger charge is -2.27. The van der Waals surface area contributed by atoms with E-state index in [1.165, 1.54) is 22.6 Å². The topological polar surface area (TPSA) is 20.3 Å². The van der Waals surface area contributed by atoms with Crippen molar-refractivity contribution >= 4 is 33.2 Å². The van der Waals surface area contributed by atoms with E-state index in [4.69, 9.17) is 0 Å². The summed E-state index contributed by atoms with van der Waals surface area (Å²) in [6.07, 6.45) is 0.858. The highest BCUT2D eigenvalue weighted by molar-refractivity contribution is 9.10. The van der Waals surface area contributed by atoms with Crippen LogP contribution in [0, 0.1) is 5.82 Å². The van der Waals surface area contributed by atoms with Gasteiger partial charge in [0.05, 0.1) is 5.56 Å². The van der Waals surface area contributed by atoms with Crippen LogP contribution in [0.4, 0.5) is 4.39 Å². The number of benzene rings is 1. The van der Waals surface area contributed by atoms with Crippen molar-refractivity contribution < 1.29 is 9.18 Å². The van der Waals surface area contributed by atoms with Crippen LogP contribution < -0.4 is 0 Å². The fraction of sp³-hybridized carbons (Fsp3) is 0.214. The van der Waals surface area contributed by atoms with Crippen molar-refractivity contribution in [2.45, 2.75) is 13.0 Å². The zero-order valence-corrected chi connectivity index (χ0v) is 12.4. The second-order valence-electron chi connectivity index (χ2n) is 4.47. The number of carbonyl (C=O) groups excluding carboxylic acids is 1. The Morgan fingerprint density at radius 3 is 3.00 bits per heavy atom. The molecule has 0 spiro atoms. The molecule has 1 aromatic carbocycles. The first kappa shape index (κ1) is 12.8. The molecule has 2 heterocycles. The Balaban J connectivity index is 1.85. The van der Waals surface area contributed by atoms with Crippen LogP contribution in [-0.4, -0.2) is 17.4 Å². The van der Waals surface area contributed by atoms with Gasteiger partial charge in [-0.3, -0.25) is 4.79 Å². The Bertz CT molecular complexity index is 640. The van der Waals surface area contributed by atoms with Gasteiger partial charge in [-0.05, 0) is 41.6 Å². The first-order chi connectivity index (χ1) is 9.15. The lowest BCUT2D eigenvalue weighted by molar-refractivity contribution is 0.0731. The van der Waals surface area contributed by atoms with E-state index < -0.39 is 5.82 Å². The van der Waals surface area contributed by atoms with Gasteiger partial charge in [-0.25, -0.2) is 4.39 Å². The molecular formula is C14H11BrFNOS. The second kappa shape index (κ2) is 5.06. The van der Waals surface area contributed by atoms with Crippen LogP contribution in [-0.2, 0) is 13.0 Å². The third-order valence-corrected chi connectivity index (χ3v) is 4.77. The van der Waals surface area contributed by atoms with Crippen LogP contribution in [0.1, 0.15) is 20.8 Å². The summed E-state index contributed by atoms with van der Waals surface area (Å²) in [6, 6.07) is 6.59. The first-order valence-corrected chi connectivity index (χ1v) is 7.62. The maximum atomic E-state index is 13.8. The Kier molecular flexibility index (Phi) is 3.41. The van der Waals surface area contributed by atoms with Gasteiger partial charge in [-0.1, -0.05) is 15.9 Å². The Morgan fingerprint density at radius 1 is 1.37 bits per heavy atom. The lowest BCUT2D eigenvalue weighted by atomic mass is 10.1. The molecule has 0 bridgehead atoms. The third-order valence-electron chi connectivity index (χ3n) is 3.26. The van der Waals surface area contributed by atoms with Crippen molar-refractivity contribution in [3.63, 3.8) is 0 Å². The largest absolute Gasteiger partial charge is 0.334 e. The van der Waals surface area contributed by atoms with Gasteiger partial charge in [-0.15, -0.1) is 11.3 Å². The van der Waals surface area contributed by atoms with E-state index in [9.17, 15) is 9.18 Å². The summed E-state index contributed by atoms with van der Waals surface area (Å²) >= 11 is 4.92. The number of rotatable bonds is 1. The molecule has 2 aromatic rings. The van der Waals surface area contributed by atoms with Crippen molar-refractivity contribution in [3.05, 3.63) is 55.9 Å². The van der Waals surface area contributed by atoms with Gasteiger partial charge in [0.1, 0.15) is 5.82 Å². The summed E-state index contributed by atoms with van der Waals surface area (Å²) in [7, 11) is 0. The molecule has 3 rings (SSSR count). The van der Waals surface area contributed by atoms with E-state index in [2.05, 4.69) is 15.9 Å². The van der Waals surface area contributed by atoms with Crippen LogP contribution in [0.2, 0.25) is 0 Å². The highest BCUT2D eigenvalue weighted by Crippen LogP contribution is 2.26. The normalized spacial score (nSPS) is 14.3. The summed E-state index contributed by atoms with van der Waals surface area (Å²) in [6.45, 7) is 1.23. The Hall–Kier alpha value is -1.20. The number of carbonyl (C=O) groups is 1. The number of halogens is 2. The summed E-state index contributed by atoms with van der Waals surface area (Å²) < 4.78 is 14.5. The summed E-state index contributed by atoms with van der Waals surface area (Å²) in [5.41, 5.74) is 1.32. The molecular weight excluding hydrogens is 329 g/mol. The van der Waals surface area contributed by atoms with Crippen molar-refractivity contribution in [2.75, 3.05) is 6.54 Å². The van der Waals surface area contributed by atoms with Crippen molar-refractivity contribution in [2.24, 2.45) is 0 Å². The van der Waals surface area contributed by atoms with Crippen LogP contribution in [0.5, 0.6) is 0 Å². The smallest absolute Gasteiger partial charge is 0.257 e. The molecule has 1 aromatic heterocycles. The van der Waals surface area contributed by atoms with E-state index in [0.717, 1.165) is 6.42 Å². The molecule has 0 fully saturated rings. The minimum Gasteiger partial charge on any atom is -0.334 e. The predicted molar refractivity (Wildman–Crippen MR) is 76.9 cm³/mol. The summed E-state index contributed by atoms with van der Waals surface area (Å²) in [4.78, 5) is 15.4. The number of fused-ring (bicyclic) bond motifs is 1. The fourth-order valence-corrected chi connectivity index (χ4v) is 3.48. The first-order valence-electron chi connectivity index (χ1n) is 5.95. The quantitative estimate of drug-likeness (QED) is 0.772. The summed E-state index contributed by atoms with van der Waals surface area (Å²) in [5.74, 6) is -0.711. The van der Waals surface area contributed by atoms with Crippen LogP contribution in [0.3, 0.4) is 0 Å². The molecule has 0 radical (unpaired) electrons. The zero-order valence-electron chi connectivity index (χ0n) is 10.0. The van der Waals surface area contributed by atoms with Crippen LogP contribution in [0.15, 0.2) is 34.1 Å². The zero-order chi connectivity index (χ0) is 13.4. The van der Waals surface area contributed by atoms with Gasteiger partial charge in [-0.2, -0.15) is 0 Å². The number of hydrogen-bond donors (Lipinski definition) is 0. The molecule has 0 N–H and O–H groups in total. The van der Waals surface area contributed by atoms with Crippen molar-refractivity contribution in [1.29, 1.82) is 0 Å². The standard InChI is InChI=1S/C14H11BrFNOS/c15-10-1-2-11(12(16)7-10)14(18)17-5-3-13-9(8-17)4-6-19-13/h1-2,4,6-7H,3,5,8H2. The van der Waals surface area contributed by atoms with Gasteiger partial charge in [0.2, 0.25) is 0 Å².